The standard InChI is InChI=1S/C13H15NO5S/c1-13(2)12(17)14(20(13,18)19)8-7-9-5-3-4-6-10(9)11(15)16/h3-6H,7-8H2,1-2H3,(H,15,16). The van der Waals surface area contributed by atoms with Crippen molar-refractivity contribution in [3.05, 3.63) is 35.4 Å². The molecule has 0 spiro atoms. The highest BCUT2D eigenvalue weighted by Crippen LogP contribution is 2.34. The molecule has 20 heavy (non-hydrogen) atoms. The second-order valence-corrected chi connectivity index (χ2v) is 7.52. The lowest BCUT2D eigenvalue weighted by atomic mass is 10.0. The Bertz CT molecular complexity index is 678. The minimum Gasteiger partial charge on any atom is -0.478 e. The third-order valence-corrected chi connectivity index (χ3v) is 5.90. The molecule has 1 aliphatic rings. The number of carboxylic acid groups (broad SMARTS) is 1. The molecule has 0 aliphatic carbocycles. The largest absolute Gasteiger partial charge is 0.478 e. The van der Waals surface area contributed by atoms with Gasteiger partial charge in [0.2, 0.25) is 0 Å². The van der Waals surface area contributed by atoms with Crippen LogP contribution in [0.1, 0.15) is 29.8 Å². The predicted molar refractivity (Wildman–Crippen MR) is 71.8 cm³/mol. The molecule has 7 heteroatoms. The third kappa shape index (κ3) is 1.98. The van der Waals surface area contributed by atoms with Gasteiger partial charge in [-0.3, -0.25) is 4.79 Å². The molecule has 1 saturated heterocycles. The fourth-order valence-corrected chi connectivity index (χ4v) is 3.67. The third-order valence-electron chi connectivity index (χ3n) is 3.51. The summed E-state index contributed by atoms with van der Waals surface area (Å²) in [6, 6.07) is 6.35. The van der Waals surface area contributed by atoms with Crippen LogP contribution in [0.15, 0.2) is 24.3 Å². The predicted octanol–water partition coefficient (Wildman–Crippen LogP) is 0.878. The van der Waals surface area contributed by atoms with Gasteiger partial charge < -0.3 is 5.11 Å². The number of hydrogen-bond acceptors (Lipinski definition) is 4. The molecule has 0 bridgehead atoms. The summed E-state index contributed by atoms with van der Waals surface area (Å²) in [6.07, 6.45) is 0.184. The van der Waals surface area contributed by atoms with Gasteiger partial charge in [0.15, 0.2) is 4.75 Å². The average Bonchev–Trinajstić information content (AvgIpc) is 2.38. The van der Waals surface area contributed by atoms with E-state index in [4.69, 9.17) is 5.11 Å². The molecule has 1 heterocycles. The lowest BCUT2D eigenvalue weighted by Gasteiger charge is -2.43. The Balaban J connectivity index is 2.16. The Morgan fingerprint density at radius 3 is 2.45 bits per heavy atom. The minimum absolute atomic E-state index is 0.0328. The van der Waals surface area contributed by atoms with Crippen LogP contribution < -0.4 is 0 Å². The molecule has 2 rings (SSSR count). The van der Waals surface area contributed by atoms with Crippen LogP contribution in [0.5, 0.6) is 0 Å². The van der Waals surface area contributed by atoms with Crippen LogP contribution in [-0.4, -0.2) is 41.0 Å². The van der Waals surface area contributed by atoms with Crippen LogP contribution in [0.3, 0.4) is 0 Å². The summed E-state index contributed by atoms with van der Waals surface area (Å²) in [5, 5.41) is 9.04. The molecule has 1 aliphatic heterocycles. The highest BCUT2D eigenvalue weighted by molar-refractivity contribution is 7.94. The maximum Gasteiger partial charge on any atom is 0.335 e. The highest BCUT2D eigenvalue weighted by atomic mass is 32.2. The Labute approximate surface area is 117 Å². The zero-order valence-electron chi connectivity index (χ0n) is 11.2. The van der Waals surface area contributed by atoms with Gasteiger partial charge in [-0.1, -0.05) is 18.2 Å². The average molecular weight is 297 g/mol. The summed E-state index contributed by atoms with van der Waals surface area (Å²) < 4.78 is 23.3. The quantitative estimate of drug-likeness (QED) is 0.890. The first-order chi connectivity index (χ1) is 9.19. The van der Waals surface area contributed by atoms with Crippen LogP contribution in [0.2, 0.25) is 0 Å². The Kier molecular flexibility index (Phi) is 3.33. The molecular formula is C13H15NO5S. The van der Waals surface area contributed by atoms with E-state index in [-0.39, 0.29) is 18.5 Å². The molecule has 108 valence electrons. The molecule has 0 radical (unpaired) electrons. The number of hydrogen-bond donors (Lipinski definition) is 1. The number of carbonyl (C=O) groups is 2. The normalized spacial score (nSPS) is 19.5. The molecule has 1 aromatic carbocycles. The Morgan fingerprint density at radius 1 is 1.30 bits per heavy atom. The number of nitrogens with zero attached hydrogens (tertiary/aromatic N) is 1. The highest BCUT2D eigenvalue weighted by Gasteiger charge is 2.59. The summed E-state index contributed by atoms with van der Waals surface area (Å²) in [5.41, 5.74) is 0.629. The second kappa shape index (κ2) is 4.59. The summed E-state index contributed by atoms with van der Waals surface area (Å²) in [5.74, 6) is -1.52. The van der Waals surface area contributed by atoms with Gasteiger partial charge in [0.1, 0.15) is 0 Å². The van der Waals surface area contributed by atoms with E-state index in [1.54, 1.807) is 18.2 Å². The summed E-state index contributed by atoms with van der Waals surface area (Å²) in [7, 11) is -3.62. The molecule has 6 nitrogen and oxygen atoms in total. The number of amides is 1. The van der Waals surface area contributed by atoms with E-state index < -0.39 is 26.6 Å². The molecular weight excluding hydrogens is 282 g/mol. The van der Waals surface area contributed by atoms with Crippen molar-refractivity contribution in [3.8, 4) is 0 Å². The second-order valence-electron chi connectivity index (χ2n) is 5.10. The van der Waals surface area contributed by atoms with Gasteiger partial charge in [-0.25, -0.2) is 17.5 Å². The number of benzene rings is 1. The molecule has 1 aromatic rings. The summed E-state index contributed by atoms with van der Waals surface area (Å²) >= 11 is 0. The molecule has 0 unspecified atom stereocenters. The monoisotopic (exact) mass is 297 g/mol. The van der Waals surface area contributed by atoms with E-state index in [0.717, 1.165) is 4.31 Å². The van der Waals surface area contributed by atoms with Crippen molar-refractivity contribution in [3.63, 3.8) is 0 Å². The zero-order chi connectivity index (χ0) is 15.1. The van der Waals surface area contributed by atoms with Gasteiger partial charge >= 0.3 is 5.97 Å². The summed E-state index contributed by atoms with van der Waals surface area (Å²) in [4.78, 5) is 22.8. The van der Waals surface area contributed by atoms with E-state index in [1.807, 2.05) is 0 Å². The SMILES string of the molecule is CC1(C)C(=O)N(CCc2ccccc2C(=O)O)S1(=O)=O. The lowest BCUT2D eigenvalue weighted by molar-refractivity contribution is -0.132. The van der Waals surface area contributed by atoms with Crippen molar-refractivity contribution in [2.75, 3.05) is 6.54 Å². The number of rotatable bonds is 4. The van der Waals surface area contributed by atoms with Crippen molar-refractivity contribution < 1.29 is 23.1 Å². The van der Waals surface area contributed by atoms with Gasteiger partial charge in [-0.15, -0.1) is 0 Å². The Morgan fingerprint density at radius 2 is 1.90 bits per heavy atom. The van der Waals surface area contributed by atoms with Crippen molar-refractivity contribution in [1.29, 1.82) is 0 Å². The van der Waals surface area contributed by atoms with Gasteiger partial charge in [-0.2, -0.15) is 0 Å². The maximum atomic E-state index is 11.9. The lowest BCUT2D eigenvalue weighted by Crippen LogP contribution is -2.67. The van der Waals surface area contributed by atoms with Crippen molar-refractivity contribution in [1.82, 2.24) is 4.31 Å². The molecule has 0 atom stereocenters. The van der Waals surface area contributed by atoms with E-state index in [0.29, 0.717) is 5.56 Å². The molecule has 0 saturated carbocycles. The first-order valence-electron chi connectivity index (χ1n) is 6.07. The van der Waals surface area contributed by atoms with E-state index >= 15 is 0 Å². The van der Waals surface area contributed by atoms with Crippen LogP contribution in [0.25, 0.3) is 0 Å². The molecule has 1 amide bonds. The molecule has 0 aromatic heterocycles. The minimum atomic E-state index is -3.62. The van der Waals surface area contributed by atoms with Gasteiger partial charge in [0.05, 0.1) is 5.56 Å². The Hall–Kier alpha value is -1.89. The van der Waals surface area contributed by atoms with Gasteiger partial charge in [-0.05, 0) is 31.9 Å². The van der Waals surface area contributed by atoms with Crippen LogP contribution in [0, 0.1) is 0 Å². The number of carboxylic acids is 1. The number of carbonyl (C=O) groups excluding carboxylic acids is 1. The number of aromatic carboxylic acids is 1. The smallest absolute Gasteiger partial charge is 0.335 e. The summed E-state index contributed by atoms with van der Waals surface area (Å²) in [6.45, 7) is 2.70. The zero-order valence-corrected chi connectivity index (χ0v) is 12.0. The van der Waals surface area contributed by atoms with Crippen molar-refractivity contribution >= 4 is 21.9 Å². The van der Waals surface area contributed by atoms with Gasteiger partial charge in [0.25, 0.3) is 15.9 Å². The fourth-order valence-electron chi connectivity index (χ4n) is 2.15. The fraction of sp³-hybridized carbons (Fsp3) is 0.385. The van der Waals surface area contributed by atoms with Crippen molar-refractivity contribution in [2.24, 2.45) is 0 Å². The van der Waals surface area contributed by atoms with Gasteiger partial charge in [0, 0.05) is 6.54 Å². The molecule has 1 N–H and O–H groups in total. The molecule has 1 fully saturated rings. The number of sulfonamides is 1. The topological polar surface area (TPSA) is 91.8 Å². The van der Waals surface area contributed by atoms with Crippen molar-refractivity contribution in [2.45, 2.75) is 25.0 Å². The van der Waals surface area contributed by atoms with E-state index in [2.05, 4.69) is 0 Å². The van der Waals surface area contributed by atoms with Crippen LogP contribution in [-0.2, 0) is 21.2 Å². The maximum absolute atomic E-state index is 11.9. The van der Waals surface area contributed by atoms with Crippen LogP contribution in [0.4, 0.5) is 0 Å². The first-order valence-corrected chi connectivity index (χ1v) is 7.51. The first kappa shape index (κ1) is 14.5. The van der Waals surface area contributed by atoms with E-state index in [1.165, 1.54) is 19.9 Å². The van der Waals surface area contributed by atoms with E-state index in [9.17, 15) is 18.0 Å². The van der Waals surface area contributed by atoms with Crippen LogP contribution >= 0.6 is 0 Å².